The van der Waals surface area contributed by atoms with Crippen molar-refractivity contribution in [3.8, 4) is 0 Å². The van der Waals surface area contributed by atoms with Gasteiger partial charge in [0.15, 0.2) is 0 Å². The Bertz CT molecular complexity index is 247. The molecule has 6 heteroatoms. The van der Waals surface area contributed by atoms with E-state index >= 15 is 0 Å². The van der Waals surface area contributed by atoms with Gasteiger partial charge in [-0.25, -0.2) is 10.8 Å². The summed E-state index contributed by atoms with van der Waals surface area (Å²) in [4.78, 5) is 15.2. The molecule has 86 valence electrons. The summed E-state index contributed by atoms with van der Waals surface area (Å²) in [5, 5.41) is 2.83. The minimum absolute atomic E-state index is 0.309. The molecular formula is C9H19N5O. The highest BCUT2D eigenvalue weighted by molar-refractivity contribution is 5.87. The van der Waals surface area contributed by atoms with Gasteiger partial charge in [-0.05, 0) is 19.8 Å². The second-order valence-electron chi connectivity index (χ2n) is 3.83. The molecule has 0 aromatic carbocycles. The van der Waals surface area contributed by atoms with E-state index in [0.29, 0.717) is 12.0 Å². The zero-order valence-electron chi connectivity index (χ0n) is 8.99. The minimum atomic E-state index is -0.471. The zero-order valence-corrected chi connectivity index (χ0v) is 8.99. The van der Waals surface area contributed by atoms with Gasteiger partial charge in [0, 0.05) is 0 Å². The molecule has 1 unspecified atom stereocenters. The van der Waals surface area contributed by atoms with Crippen LogP contribution in [-0.2, 0) is 4.79 Å². The van der Waals surface area contributed by atoms with E-state index in [-0.39, 0.29) is 0 Å². The molecule has 0 aromatic heterocycles. The normalized spacial score (nSPS) is 20.0. The Balaban J connectivity index is 2.50. The predicted octanol–water partition coefficient (Wildman–Crippen LogP) is -0.788. The number of hydrazine groups is 1. The monoisotopic (exact) mass is 213 g/mol. The van der Waals surface area contributed by atoms with E-state index < -0.39 is 11.9 Å². The van der Waals surface area contributed by atoms with Crippen LogP contribution in [0.15, 0.2) is 4.99 Å². The van der Waals surface area contributed by atoms with E-state index in [4.69, 9.17) is 11.6 Å². The van der Waals surface area contributed by atoms with Crippen LogP contribution in [0.5, 0.6) is 0 Å². The summed E-state index contributed by atoms with van der Waals surface area (Å²) in [6.07, 6.45) is 4.57. The van der Waals surface area contributed by atoms with E-state index in [1.807, 2.05) is 0 Å². The molecular weight excluding hydrogens is 194 g/mol. The van der Waals surface area contributed by atoms with Gasteiger partial charge in [-0.1, -0.05) is 12.8 Å². The predicted molar refractivity (Wildman–Crippen MR) is 58.8 cm³/mol. The number of carbonyl (C=O) groups is 1. The molecule has 0 aromatic rings. The summed E-state index contributed by atoms with van der Waals surface area (Å²) in [6.45, 7) is 1.67. The smallest absolute Gasteiger partial charge is 0.239 e. The Hall–Kier alpha value is -1.30. The lowest BCUT2D eigenvalue weighted by molar-refractivity contribution is -0.119. The molecule has 0 bridgehead atoms. The summed E-state index contributed by atoms with van der Waals surface area (Å²) in [5.41, 5.74) is 7.57. The van der Waals surface area contributed by atoms with Crippen molar-refractivity contribution >= 4 is 11.9 Å². The third-order valence-electron chi connectivity index (χ3n) is 2.55. The number of nitrogens with zero attached hydrogens (tertiary/aromatic N) is 1. The Kier molecular flexibility index (Phi) is 4.36. The fourth-order valence-electron chi connectivity index (χ4n) is 1.61. The van der Waals surface area contributed by atoms with Crippen LogP contribution in [0.1, 0.15) is 32.6 Å². The fraction of sp³-hybridized carbons (Fsp3) is 0.778. The highest BCUT2D eigenvalue weighted by atomic mass is 16.1. The van der Waals surface area contributed by atoms with Crippen LogP contribution in [0, 0.1) is 0 Å². The molecule has 0 heterocycles. The van der Waals surface area contributed by atoms with Crippen molar-refractivity contribution in [2.24, 2.45) is 16.6 Å². The average molecular weight is 213 g/mol. The first-order valence-electron chi connectivity index (χ1n) is 5.23. The largest absolute Gasteiger partial charge is 0.368 e. The first-order chi connectivity index (χ1) is 7.13. The topological polar surface area (TPSA) is 106 Å². The lowest BCUT2D eigenvalue weighted by Crippen LogP contribution is -2.50. The van der Waals surface area contributed by atoms with E-state index in [0.717, 1.165) is 12.8 Å². The Morgan fingerprint density at radius 2 is 2.07 bits per heavy atom. The van der Waals surface area contributed by atoms with Gasteiger partial charge in [-0.3, -0.25) is 10.2 Å². The van der Waals surface area contributed by atoms with Gasteiger partial charge in [0.25, 0.3) is 0 Å². The maximum absolute atomic E-state index is 10.8. The van der Waals surface area contributed by atoms with Gasteiger partial charge in [0.2, 0.25) is 11.9 Å². The van der Waals surface area contributed by atoms with Gasteiger partial charge in [-0.2, -0.15) is 0 Å². The van der Waals surface area contributed by atoms with Gasteiger partial charge in [-0.15, -0.1) is 0 Å². The van der Waals surface area contributed by atoms with E-state index in [1.54, 1.807) is 6.92 Å². The van der Waals surface area contributed by atoms with Crippen LogP contribution >= 0.6 is 0 Å². The maximum Gasteiger partial charge on any atom is 0.239 e. The molecule has 1 atom stereocenters. The standard InChI is InChI=1S/C9H19N5O/c1-6(8(10)15)12-9(14-11)13-7-4-2-3-5-7/h6-7H,2-5,11H2,1H3,(H2,10,15)(H2,12,13,14). The first kappa shape index (κ1) is 11.8. The molecule has 15 heavy (non-hydrogen) atoms. The molecule has 1 aliphatic rings. The first-order valence-corrected chi connectivity index (χ1v) is 5.23. The summed E-state index contributed by atoms with van der Waals surface area (Å²) in [6, 6.07) is -0.162. The lowest BCUT2D eigenvalue weighted by atomic mass is 10.3. The molecule has 0 radical (unpaired) electrons. The molecule has 0 spiro atoms. The Morgan fingerprint density at radius 3 is 2.53 bits per heavy atom. The van der Waals surface area contributed by atoms with E-state index in [2.05, 4.69) is 15.7 Å². The fourth-order valence-corrected chi connectivity index (χ4v) is 1.61. The SMILES string of the molecule is CC(NC(=NC1CCCC1)NN)C(N)=O. The molecule has 6 nitrogen and oxygen atoms in total. The second-order valence-corrected chi connectivity index (χ2v) is 3.83. The highest BCUT2D eigenvalue weighted by Gasteiger charge is 2.16. The third-order valence-corrected chi connectivity index (χ3v) is 2.55. The molecule has 0 saturated heterocycles. The molecule has 1 fully saturated rings. The molecule has 1 aliphatic carbocycles. The van der Waals surface area contributed by atoms with Crippen molar-refractivity contribution in [3.63, 3.8) is 0 Å². The van der Waals surface area contributed by atoms with Crippen LogP contribution in [0.4, 0.5) is 0 Å². The van der Waals surface area contributed by atoms with Crippen molar-refractivity contribution < 1.29 is 4.79 Å². The van der Waals surface area contributed by atoms with Crippen LogP contribution in [0.3, 0.4) is 0 Å². The number of aliphatic imine (C=N–C) groups is 1. The molecule has 0 aliphatic heterocycles. The number of guanidine groups is 1. The summed E-state index contributed by atoms with van der Waals surface area (Å²) < 4.78 is 0. The number of rotatable bonds is 3. The number of hydrogen-bond acceptors (Lipinski definition) is 3. The highest BCUT2D eigenvalue weighted by Crippen LogP contribution is 2.20. The number of hydrogen-bond donors (Lipinski definition) is 4. The summed E-state index contributed by atoms with van der Waals surface area (Å²) in [7, 11) is 0. The number of primary amides is 1. The second kappa shape index (κ2) is 5.55. The van der Waals surface area contributed by atoms with Gasteiger partial charge < -0.3 is 11.1 Å². The molecule has 1 amide bonds. The number of nitrogens with two attached hydrogens (primary N) is 2. The van der Waals surface area contributed by atoms with E-state index in [9.17, 15) is 4.79 Å². The summed E-state index contributed by atoms with van der Waals surface area (Å²) in [5.74, 6) is 5.32. The van der Waals surface area contributed by atoms with Gasteiger partial charge >= 0.3 is 0 Å². The lowest BCUT2D eigenvalue weighted by Gasteiger charge is -2.15. The molecule has 6 N–H and O–H groups in total. The number of nitrogens with one attached hydrogen (secondary N) is 2. The van der Waals surface area contributed by atoms with E-state index in [1.165, 1.54) is 12.8 Å². The number of carbonyl (C=O) groups excluding carboxylic acids is 1. The van der Waals surface area contributed by atoms with Crippen LogP contribution in [-0.4, -0.2) is 24.0 Å². The van der Waals surface area contributed by atoms with Gasteiger partial charge in [0.1, 0.15) is 6.04 Å². The average Bonchev–Trinajstić information content (AvgIpc) is 2.69. The van der Waals surface area contributed by atoms with Gasteiger partial charge in [0.05, 0.1) is 6.04 Å². The van der Waals surface area contributed by atoms with Crippen molar-refractivity contribution in [2.45, 2.75) is 44.7 Å². The van der Waals surface area contributed by atoms with Crippen LogP contribution in [0.25, 0.3) is 0 Å². The zero-order chi connectivity index (χ0) is 11.3. The van der Waals surface area contributed by atoms with Crippen LogP contribution < -0.4 is 22.3 Å². The van der Waals surface area contributed by atoms with Crippen molar-refractivity contribution in [2.75, 3.05) is 0 Å². The quantitative estimate of drug-likeness (QED) is 0.213. The van der Waals surface area contributed by atoms with Crippen molar-refractivity contribution in [3.05, 3.63) is 0 Å². The maximum atomic E-state index is 10.8. The Labute approximate surface area is 89.5 Å². The minimum Gasteiger partial charge on any atom is -0.368 e. The van der Waals surface area contributed by atoms with Crippen LogP contribution in [0.2, 0.25) is 0 Å². The van der Waals surface area contributed by atoms with Crippen molar-refractivity contribution in [1.82, 2.24) is 10.7 Å². The molecule has 1 rings (SSSR count). The summed E-state index contributed by atoms with van der Waals surface area (Å²) >= 11 is 0. The molecule has 1 saturated carbocycles. The Morgan fingerprint density at radius 1 is 1.47 bits per heavy atom. The number of amides is 1. The van der Waals surface area contributed by atoms with Crippen molar-refractivity contribution in [1.29, 1.82) is 0 Å². The third kappa shape index (κ3) is 3.75.